The summed E-state index contributed by atoms with van der Waals surface area (Å²) in [5.74, 6) is 1.23. The van der Waals surface area contributed by atoms with Crippen LogP contribution in [0.1, 0.15) is 22.0 Å². The maximum absolute atomic E-state index is 4.52. The molecule has 2 heterocycles. The van der Waals surface area contributed by atoms with Gasteiger partial charge in [-0.1, -0.05) is 6.08 Å². The van der Waals surface area contributed by atoms with E-state index in [2.05, 4.69) is 24.9 Å². The number of nitrogens with zero attached hydrogens (tertiary/aromatic N) is 1. The fraction of sp³-hybridized carbons (Fsp3) is 0.444. The van der Waals surface area contributed by atoms with Crippen LogP contribution in [0.15, 0.2) is 6.08 Å². The Balaban J connectivity index is 2.38. The average Bonchev–Trinajstić information content (AvgIpc) is 2.58. The van der Waals surface area contributed by atoms with Crippen molar-refractivity contribution in [1.82, 2.24) is 4.98 Å². The topological polar surface area (TPSA) is 12.9 Å². The van der Waals surface area contributed by atoms with E-state index in [-0.39, 0.29) is 0 Å². The van der Waals surface area contributed by atoms with Crippen LogP contribution < -0.4 is 0 Å². The highest BCUT2D eigenvalue weighted by molar-refractivity contribution is 8.08. The number of thiazole rings is 1. The minimum atomic E-state index is 1.18. The molecule has 0 aromatic carbocycles. The van der Waals surface area contributed by atoms with Crippen LogP contribution in [0, 0.1) is 13.8 Å². The quantitative estimate of drug-likeness (QED) is 0.685. The van der Waals surface area contributed by atoms with Crippen LogP contribution in [0.5, 0.6) is 0 Å². The maximum Gasteiger partial charge on any atom is 0.0904 e. The summed E-state index contributed by atoms with van der Waals surface area (Å²) in [7, 11) is 0. The molecule has 0 fully saturated rings. The molecule has 0 spiro atoms. The van der Waals surface area contributed by atoms with E-state index in [0.717, 1.165) is 0 Å². The van der Waals surface area contributed by atoms with E-state index >= 15 is 0 Å². The predicted molar refractivity (Wildman–Crippen MR) is 56.6 cm³/mol. The first-order valence-corrected chi connectivity index (χ1v) is 5.85. The third-order valence-corrected chi connectivity index (χ3v) is 3.84. The molecule has 0 aliphatic carbocycles. The first-order chi connectivity index (χ1) is 5.77. The number of thioether (sulfide) groups is 1. The molecule has 12 heavy (non-hydrogen) atoms. The van der Waals surface area contributed by atoms with E-state index < -0.39 is 0 Å². The van der Waals surface area contributed by atoms with Gasteiger partial charge in [0, 0.05) is 15.5 Å². The average molecular weight is 197 g/mol. The molecular formula is C9H11NS2. The third-order valence-electron chi connectivity index (χ3n) is 1.84. The summed E-state index contributed by atoms with van der Waals surface area (Å²) in [5, 5.41) is 1.18. The molecule has 0 radical (unpaired) electrons. The molecule has 0 atom stereocenters. The Hall–Kier alpha value is -0.280. The van der Waals surface area contributed by atoms with Gasteiger partial charge in [0.15, 0.2) is 0 Å². The van der Waals surface area contributed by atoms with Crippen LogP contribution in [0.2, 0.25) is 0 Å². The zero-order valence-electron chi connectivity index (χ0n) is 7.26. The highest BCUT2D eigenvalue weighted by Crippen LogP contribution is 2.36. The second-order valence-corrected chi connectivity index (χ2v) is 5.39. The molecule has 1 nitrogen and oxygen atoms in total. The minimum absolute atomic E-state index is 1.18. The van der Waals surface area contributed by atoms with Crippen molar-refractivity contribution < 1.29 is 0 Å². The van der Waals surface area contributed by atoms with Crippen molar-refractivity contribution in [3.05, 3.63) is 21.7 Å². The molecule has 1 aliphatic rings. The normalized spacial score (nSPS) is 16.7. The molecule has 0 saturated carbocycles. The van der Waals surface area contributed by atoms with E-state index in [1.807, 2.05) is 11.8 Å². The van der Waals surface area contributed by atoms with Gasteiger partial charge in [0.25, 0.3) is 0 Å². The summed E-state index contributed by atoms with van der Waals surface area (Å²) in [6.45, 7) is 4.22. The van der Waals surface area contributed by atoms with Crippen molar-refractivity contribution in [3.63, 3.8) is 0 Å². The van der Waals surface area contributed by atoms with Crippen molar-refractivity contribution >= 4 is 28.0 Å². The molecule has 2 rings (SSSR count). The van der Waals surface area contributed by atoms with E-state index in [1.165, 1.54) is 32.7 Å². The summed E-state index contributed by atoms with van der Waals surface area (Å²) >= 11 is 3.72. The summed E-state index contributed by atoms with van der Waals surface area (Å²) in [6, 6.07) is 0. The highest BCUT2D eigenvalue weighted by Gasteiger charge is 2.13. The van der Waals surface area contributed by atoms with Crippen LogP contribution in [0.25, 0.3) is 4.91 Å². The second-order valence-electron chi connectivity index (χ2n) is 2.84. The molecule has 0 amide bonds. The fourth-order valence-corrected chi connectivity index (χ4v) is 3.26. The van der Waals surface area contributed by atoms with E-state index in [1.54, 1.807) is 11.3 Å². The number of rotatable bonds is 1. The standard InChI is InChI=1S/C9H11NS2/c1-6-9(10-7(2)12-6)8-4-3-5-11-8/h4H,3,5H2,1-2H3. The summed E-state index contributed by atoms with van der Waals surface area (Å²) in [6.07, 6.45) is 3.50. The first kappa shape index (κ1) is 8.32. The second kappa shape index (κ2) is 3.23. The molecule has 1 aromatic heterocycles. The molecule has 64 valence electrons. The monoisotopic (exact) mass is 197 g/mol. The lowest BCUT2D eigenvalue weighted by atomic mass is 10.3. The lowest BCUT2D eigenvalue weighted by Crippen LogP contribution is -1.80. The lowest BCUT2D eigenvalue weighted by molar-refractivity contribution is 1.24. The van der Waals surface area contributed by atoms with Gasteiger partial charge in [-0.15, -0.1) is 23.1 Å². The van der Waals surface area contributed by atoms with Gasteiger partial charge in [-0.2, -0.15) is 0 Å². The van der Waals surface area contributed by atoms with Crippen molar-refractivity contribution in [2.45, 2.75) is 20.3 Å². The van der Waals surface area contributed by atoms with Gasteiger partial charge in [-0.3, -0.25) is 0 Å². The van der Waals surface area contributed by atoms with Crippen LogP contribution in [-0.2, 0) is 0 Å². The number of aryl methyl sites for hydroxylation is 2. The predicted octanol–water partition coefficient (Wildman–Crippen LogP) is 3.24. The highest BCUT2D eigenvalue weighted by atomic mass is 32.2. The zero-order valence-corrected chi connectivity index (χ0v) is 8.89. The molecular weight excluding hydrogens is 186 g/mol. The van der Waals surface area contributed by atoms with Crippen molar-refractivity contribution in [1.29, 1.82) is 0 Å². The van der Waals surface area contributed by atoms with Crippen LogP contribution >= 0.6 is 23.1 Å². The van der Waals surface area contributed by atoms with Gasteiger partial charge in [0.1, 0.15) is 0 Å². The fourth-order valence-electron chi connectivity index (χ4n) is 1.34. The van der Waals surface area contributed by atoms with Gasteiger partial charge in [0.2, 0.25) is 0 Å². The number of hydrogen-bond acceptors (Lipinski definition) is 3. The minimum Gasteiger partial charge on any atom is -0.241 e. The largest absolute Gasteiger partial charge is 0.241 e. The zero-order chi connectivity index (χ0) is 8.55. The Morgan fingerprint density at radius 3 is 2.75 bits per heavy atom. The molecule has 0 N–H and O–H groups in total. The molecule has 0 saturated heterocycles. The number of aromatic nitrogens is 1. The van der Waals surface area contributed by atoms with Gasteiger partial charge >= 0.3 is 0 Å². The molecule has 3 heteroatoms. The Bertz CT molecular complexity index is 325. The number of hydrogen-bond donors (Lipinski definition) is 0. The van der Waals surface area contributed by atoms with Crippen LogP contribution in [-0.4, -0.2) is 10.7 Å². The van der Waals surface area contributed by atoms with Crippen molar-refractivity contribution in [2.75, 3.05) is 5.75 Å². The smallest absolute Gasteiger partial charge is 0.0904 e. The van der Waals surface area contributed by atoms with E-state index in [4.69, 9.17) is 0 Å². The summed E-state index contributed by atoms with van der Waals surface area (Å²) in [4.78, 5) is 7.26. The molecule has 1 aliphatic heterocycles. The van der Waals surface area contributed by atoms with Gasteiger partial charge in [-0.05, 0) is 20.3 Å². The summed E-state index contributed by atoms with van der Waals surface area (Å²) < 4.78 is 0. The third kappa shape index (κ3) is 1.43. The summed E-state index contributed by atoms with van der Waals surface area (Å²) in [5.41, 5.74) is 1.22. The Morgan fingerprint density at radius 1 is 1.42 bits per heavy atom. The van der Waals surface area contributed by atoms with Gasteiger partial charge in [0.05, 0.1) is 10.7 Å². The molecule has 1 aromatic rings. The SMILES string of the molecule is Cc1nc(C2=CCCS2)c(C)s1. The van der Waals surface area contributed by atoms with Gasteiger partial charge < -0.3 is 0 Å². The van der Waals surface area contributed by atoms with Crippen LogP contribution in [0.4, 0.5) is 0 Å². The molecule has 0 bridgehead atoms. The van der Waals surface area contributed by atoms with Crippen LogP contribution in [0.3, 0.4) is 0 Å². The Kier molecular flexibility index (Phi) is 2.24. The number of allylic oxidation sites excluding steroid dienone is 1. The Morgan fingerprint density at radius 2 is 2.25 bits per heavy atom. The van der Waals surface area contributed by atoms with Gasteiger partial charge in [-0.25, -0.2) is 4.98 Å². The van der Waals surface area contributed by atoms with E-state index in [9.17, 15) is 0 Å². The Labute approximate surface area is 80.9 Å². The molecule has 0 unspecified atom stereocenters. The maximum atomic E-state index is 4.52. The van der Waals surface area contributed by atoms with Crippen molar-refractivity contribution in [3.8, 4) is 0 Å². The first-order valence-electron chi connectivity index (χ1n) is 4.05. The lowest BCUT2D eigenvalue weighted by Gasteiger charge is -1.96. The van der Waals surface area contributed by atoms with E-state index in [0.29, 0.717) is 0 Å². The van der Waals surface area contributed by atoms with Crippen molar-refractivity contribution in [2.24, 2.45) is 0 Å².